The van der Waals surface area contributed by atoms with Gasteiger partial charge in [-0.15, -0.1) is 6.42 Å². The molecule has 1 rings (SSSR count). The van der Waals surface area contributed by atoms with Gasteiger partial charge in [-0.05, 0) is 0 Å². The number of rotatable bonds is 3. The summed E-state index contributed by atoms with van der Waals surface area (Å²) >= 11 is 0. The standard InChI is InChI=1S/C9H13.3C5H11.Ti/c1-2-3-6-9-7-4-5-8-9;3*1-5(2,3)4;/h4,7H,2-3,5-6H2,1H3;3*1H2,2-4H3;/q4*-1;+4. The first-order valence-corrected chi connectivity index (χ1v) is 9.26. The van der Waals surface area contributed by atoms with Gasteiger partial charge in [-0.25, -0.2) is 11.6 Å². The molecule has 0 heterocycles. The van der Waals surface area contributed by atoms with Gasteiger partial charge in [0.15, 0.2) is 0 Å². The summed E-state index contributed by atoms with van der Waals surface area (Å²) < 4.78 is 0. The van der Waals surface area contributed by atoms with Crippen LogP contribution >= 0.6 is 0 Å². The molecule has 0 saturated carbocycles. The van der Waals surface area contributed by atoms with Crippen LogP contribution in [0.5, 0.6) is 0 Å². The first kappa shape index (κ1) is 32.8. The van der Waals surface area contributed by atoms with Crippen LogP contribution in [0.4, 0.5) is 0 Å². The first-order valence-electron chi connectivity index (χ1n) is 9.26. The summed E-state index contributed by atoms with van der Waals surface area (Å²) in [7, 11) is 0. The van der Waals surface area contributed by atoms with Crippen LogP contribution in [0, 0.1) is 43.1 Å². The molecule has 0 fully saturated rings. The molecule has 0 bridgehead atoms. The van der Waals surface area contributed by atoms with Crippen LogP contribution in [0.3, 0.4) is 0 Å². The molecule has 0 radical (unpaired) electrons. The van der Waals surface area contributed by atoms with Gasteiger partial charge in [0.1, 0.15) is 0 Å². The SMILES string of the molecule is CCCCC1=[C-]CC=C1.[CH2-]C(C)(C)C.[CH2-]C(C)(C)C.[CH2-]C(C)(C)C.[Ti+4]. The third-order valence-corrected chi connectivity index (χ3v) is 1.57. The van der Waals surface area contributed by atoms with Gasteiger partial charge < -0.3 is 20.8 Å². The summed E-state index contributed by atoms with van der Waals surface area (Å²) in [5, 5.41) is 0. The van der Waals surface area contributed by atoms with E-state index >= 15 is 0 Å². The zero-order chi connectivity index (χ0) is 20.0. The zero-order valence-electron chi connectivity index (χ0n) is 19.1. The van der Waals surface area contributed by atoms with E-state index in [0.717, 1.165) is 6.42 Å². The Labute approximate surface area is 177 Å². The van der Waals surface area contributed by atoms with Crippen molar-refractivity contribution in [3.05, 3.63) is 44.6 Å². The van der Waals surface area contributed by atoms with Crippen LogP contribution < -0.4 is 0 Å². The van der Waals surface area contributed by atoms with Crippen molar-refractivity contribution >= 4 is 0 Å². The van der Waals surface area contributed by atoms with Gasteiger partial charge >= 0.3 is 21.7 Å². The van der Waals surface area contributed by atoms with Gasteiger partial charge in [0.25, 0.3) is 0 Å². The van der Waals surface area contributed by atoms with Crippen molar-refractivity contribution in [3.63, 3.8) is 0 Å². The van der Waals surface area contributed by atoms with E-state index in [2.05, 4.69) is 108 Å². The van der Waals surface area contributed by atoms with Gasteiger partial charge in [0.2, 0.25) is 0 Å². The summed E-state index contributed by atoms with van der Waals surface area (Å²) in [4.78, 5) is 0. The fourth-order valence-electron chi connectivity index (χ4n) is 0.989. The summed E-state index contributed by atoms with van der Waals surface area (Å²) in [6, 6.07) is 0. The third-order valence-electron chi connectivity index (χ3n) is 1.57. The molecular weight excluding hydrogens is 336 g/mol. The summed E-state index contributed by atoms with van der Waals surface area (Å²) in [5.41, 5.74) is 2.16. The van der Waals surface area contributed by atoms with Crippen LogP contribution in [-0.4, -0.2) is 0 Å². The second-order valence-electron chi connectivity index (χ2n) is 10.1. The van der Waals surface area contributed by atoms with Crippen LogP contribution in [0.25, 0.3) is 0 Å². The Hall–Kier alpha value is 0.194. The van der Waals surface area contributed by atoms with Gasteiger partial charge in [0.05, 0.1) is 0 Å². The average molecular weight is 382 g/mol. The minimum atomic E-state index is 0. The molecule has 0 nitrogen and oxygen atoms in total. The summed E-state index contributed by atoms with van der Waals surface area (Å²) in [5.74, 6) is 0. The van der Waals surface area contributed by atoms with E-state index in [9.17, 15) is 0 Å². The molecular formula is C24H46Ti. The summed E-state index contributed by atoms with van der Waals surface area (Å²) in [6.07, 6.45) is 12.5. The fourth-order valence-corrected chi connectivity index (χ4v) is 0.989. The minimum absolute atomic E-state index is 0. The van der Waals surface area contributed by atoms with Crippen molar-refractivity contribution in [1.29, 1.82) is 0 Å². The van der Waals surface area contributed by atoms with Gasteiger partial charge in [-0.3, -0.25) is 6.08 Å². The normalized spacial score (nSPS) is 13.1. The van der Waals surface area contributed by atoms with E-state index in [1.54, 1.807) is 0 Å². The molecule has 146 valence electrons. The Morgan fingerprint density at radius 2 is 1.16 bits per heavy atom. The Balaban J connectivity index is -0.000000122. The van der Waals surface area contributed by atoms with Crippen molar-refractivity contribution < 1.29 is 21.7 Å². The Morgan fingerprint density at radius 1 is 0.840 bits per heavy atom. The predicted molar refractivity (Wildman–Crippen MR) is 114 cm³/mol. The number of hydrogen-bond donors (Lipinski definition) is 0. The second-order valence-corrected chi connectivity index (χ2v) is 10.1. The molecule has 1 heteroatoms. The number of unbranched alkanes of at least 4 members (excludes halogenated alkanes) is 1. The van der Waals surface area contributed by atoms with Gasteiger partial charge in [-0.2, -0.15) is 22.3 Å². The quantitative estimate of drug-likeness (QED) is 0.339. The molecule has 0 aromatic rings. The molecule has 0 atom stereocenters. The average Bonchev–Trinajstić information content (AvgIpc) is 2.71. The molecule has 0 spiro atoms. The molecule has 0 amide bonds. The zero-order valence-corrected chi connectivity index (χ0v) is 20.7. The van der Waals surface area contributed by atoms with Gasteiger partial charge in [-0.1, -0.05) is 88.5 Å². The van der Waals surface area contributed by atoms with E-state index in [1.165, 1.54) is 24.8 Å². The molecule has 0 aliphatic heterocycles. The van der Waals surface area contributed by atoms with Crippen molar-refractivity contribution in [2.75, 3.05) is 0 Å². The molecule has 0 aromatic heterocycles. The Bertz CT molecular complexity index is 280. The molecule has 0 saturated heterocycles. The molecule has 0 unspecified atom stereocenters. The minimum Gasteiger partial charge on any atom is -0.338 e. The van der Waals surface area contributed by atoms with E-state index < -0.39 is 0 Å². The third kappa shape index (κ3) is 95.1. The van der Waals surface area contributed by atoms with Crippen molar-refractivity contribution in [2.45, 2.75) is 94.9 Å². The summed E-state index contributed by atoms with van der Waals surface area (Å²) in [6.45, 7) is 32.2. The maximum atomic E-state index is 3.77. The molecule has 0 aromatic carbocycles. The van der Waals surface area contributed by atoms with E-state index in [4.69, 9.17) is 0 Å². The monoisotopic (exact) mass is 382 g/mol. The Morgan fingerprint density at radius 3 is 1.36 bits per heavy atom. The number of allylic oxidation sites excluding steroid dienone is 4. The topological polar surface area (TPSA) is 0 Å². The van der Waals surface area contributed by atoms with E-state index in [1.807, 2.05) is 0 Å². The maximum Gasteiger partial charge on any atom is 4.00 e. The molecule has 25 heavy (non-hydrogen) atoms. The number of hydrogen-bond acceptors (Lipinski definition) is 0. The maximum absolute atomic E-state index is 3.77. The van der Waals surface area contributed by atoms with Gasteiger partial charge in [0, 0.05) is 0 Å². The van der Waals surface area contributed by atoms with Crippen molar-refractivity contribution in [1.82, 2.24) is 0 Å². The largest absolute Gasteiger partial charge is 4.00 e. The van der Waals surface area contributed by atoms with Crippen LogP contribution in [0.15, 0.2) is 17.7 Å². The van der Waals surface area contributed by atoms with Crippen LogP contribution in [0.2, 0.25) is 0 Å². The first-order chi connectivity index (χ1) is 10.4. The van der Waals surface area contributed by atoms with Crippen molar-refractivity contribution in [3.8, 4) is 0 Å². The van der Waals surface area contributed by atoms with E-state index in [0.29, 0.717) is 0 Å². The fraction of sp³-hybridized carbons (Fsp3) is 0.708. The molecule has 1 aliphatic carbocycles. The molecule has 0 N–H and O–H groups in total. The van der Waals surface area contributed by atoms with Crippen LogP contribution in [-0.2, 0) is 21.7 Å². The molecule has 1 aliphatic rings. The predicted octanol–water partition coefficient (Wildman–Crippen LogP) is 8.46. The van der Waals surface area contributed by atoms with E-state index in [-0.39, 0.29) is 38.0 Å². The van der Waals surface area contributed by atoms with Crippen molar-refractivity contribution in [2.24, 2.45) is 16.2 Å². The second kappa shape index (κ2) is 16.4. The Kier molecular flexibility index (Phi) is 21.5. The van der Waals surface area contributed by atoms with Crippen LogP contribution in [0.1, 0.15) is 94.9 Å². The smallest absolute Gasteiger partial charge is 0.338 e.